The normalized spacial score (nSPS) is 15.4. The highest BCUT2D eigenvalue weighted by atomic mass is 16.5. The van der Waals surface area contributed by atoms with Gasteiger partial charge >= 0.3 is 6.01 Å². The van der Waals surface area contributed by atoms with E-state index in [9.17, 15) is 0 Å². The number of hydrogen-bond acceptors (Lipinski definition) is 7. The number of rotatable bonds is 8. The zero-order valence-corrected chi connectivity index (χ0v) is 14.0. The molecule has 1 fully saturated rings. The van der Waals surface area contributed by atoms with Gasteiger partial charge in [0.05, 0.1) is 25.4 Å². The molecular formula is C17H24N4O3. The molecule has 1 aromatic heterocycles. The van der Waals surface area contributed by atoms with Gasteiger partial charge < -0.3 is 19.2 Å². The first kappa shape index (κ1) is 16.7. The Kier molecular flexibility index (Phi) is 6.03. The van der Waals surface area contributed by atoms with Crippen LogP contribution in [0, 0.1) is 0 Å². The molecule has 0 atom stereocenters. The zero-order chi connectivity index (χ0) is 16.6. The minimum Gasteiger partial charge on any atom is -0.493 e. The van der Waals surface area contributed by atoms with Crippen LogP contribution in [0.1, 0.15) is 13.3 Å². The highest BCUT2D eigenvalue weighted by molar-refractivity contribution is 5.62. The largest absolute Gasteiger partial charge is 0.493 e. The fourth-order valence-corrected chi connectivity index (χ4v) is 2.53. The lowest BCUT2D eigenvalue weighted by Crippen LogP contribution is -2.39. The van der Waals surface area contributed by atoms with Gasteiger partial charge in [0.2, 0.25) is 0 Å². The number of nitrogens with zero attached hydrogens (tertiary/aromatic N) is 3. The van der Waals surface area contributed by atoms with E-state index >= 15 is 0 Å². The third-order valence-electron chi connectivity index (χ3n) is 3.81. The summed E-state index contributed by atoms with van der Waals surface area (Å²) in [5.41, 5.74) is 0.819. The molecular weight excluding hydrogens is 308 g/mol. The zero-order valence-electron chi connectivity index (χ0n) is 14.0. The molecule has 1 aromatic carbocycles. The van der Waals surface area contributed by atoms with Crippen LogP contribution in [0.4, 0.5) is 6.01 Å². The Labute approximate surface area is 142 Å². The van der Waals surface area contributed by atoms with Gasteiger partial charge in [-0.25, -0.2) is 0 Å². The Bertz CT molecular complexity index is 626. The van der Waals surface area contributed by atoms with Crippen LogP contribution in [0.2, 0.25) is 0 Å². The summed E-state index contributed by atoms with van der Waals surface area (Å²) >= 11 is 0. The molecule has 2 heterocycles. The van der Waals surface area contributed by atoms with Gasteiger partial charge in [-0.2, -0.15) is 0 Å². The van der Waals surface area contributed by atoms with Gasteiger partial charge in [0.15, 0.2) is 0 Å². The van der Waals surface area contributed by atoms with Crippen molar-refractivity contribution in [2.75, 3.05) is 51.3 Å². The van der Waals surface area contributed by atoms with Crippen LogP contribution in [-0.4, -0.2) is 61.1 Å². The molecule has 3 rings (SSSR count). The van der Waals surface area contributed by atoms with Crippen molar-refractivity contribution in [1.29, 1.82) is 0 Å². The number of aromatic nitrogens is 2. The van der Waals surface area contributed by atoms with Crippen molar-refractivity contribution >= 4 is 6.01 Å². The Balaban J connectivity index is 1.57. The first-order chi connectivity index (χ1) is 11.9. The summed E-state index contributed by atoms with van der Waals surface area (Å²) in [5.74, 6) is 1.23. The van der Waals surface area contributed by atoms with E-state index in [1.54, 1.807) is 0 Å². The van der Waals surface area contributed by atoms with Crippen molar-refractivity contribution in [2.24, 2.45) is 0 Å². The minimum absolute atomic E-state index is 0.434. The second kappa shape index (κ2) is 8.65. The highest BCUT2D eigenvalue weighted by Crippen LogP contribution is 2.29. The number of morpholine rings is 1. The summed E-state index contributed by atoms with van der Waals surface area (Å²) in [6, 6.07) is 8.15. The fraction of sp³-hybridized carbons (Fsp3) is 0.529. The Morgan fingerprint density at radius 2 is 2.04 bits per heavy atom. The number of para-hydroxylation sites is 1. The van der Waals surface area contributed by atoms with Crippen molar-refractivity contribution in [3.05, 3.63) is 24.3 Å². The van der Waals surface area contributed by atoms with Gasteiger partial charge in [0.25, 0.3) is 5.89 Å². The van der Waals surface area contributed by atoms with Gasteiger partial charge in [-0.15, -0.1) is 5.10 Å². The minimum atomic E-state index is 0.434. The van der Waals surface area contributed by atoms with Crippen molar-refractivity contribution < 1.29 is 13.9 Å². The molecule has 0 unspecified atom stereocenters. The second-order valence-corrected chi connectivity index (χ2v) is 5.64. The molecule has 24 heavy (non-hydrogen) atoms. The van der Waals surface area contributed by atoms with Crippen LogP contribution in [0.15, 0.2) is 28.7 Å². The van der Waals surface area contributed by atoms with Crippen LogP contribution in [0.25, 0.3) is 11.5 Å². The molecule has 7 nitrogen and oxygen atoms in total. The molecule has 7 heteroatoms. The van der Waals surface area contributed by atoms with Crippen LogP contribution in [-0.2, 0) is 4.74 Å². The van der Waals surface area contributed by atoms with E-state index in [1.807, 2.05) is 24.3 Å². The monoisotopic (exact) mass is 332 g/mol. The maximum absolute atomic E-state index is 5.74. The quantitative estimate of drug-likeness (QED) is 0.795. The molecule has 1 aliphatic rings. The van der Waals surface area contributed by atoms with Gasteiger partial charge in [0, 0.05) is 26.2 Å². The van der Waals surface area contributed by atoms with E-state index in [2.05, 4.69) is 27.3 Å². The molecule has 0 radical (unpaired) electrons. The maximum atomic E-state index is 5.74. The van der Waals surface area contributed by atoms with E-state index in [4.69, 9.17) is 13.9 Å². The van der Waals surface area contributed by atoms with Crippen LogP contribution in [0.3, 0.4) is 0 Å². The molecule has 1 saturated heterocycles. The Morgan fingerprint density at radius 1 is 1.21 bits per heavy atom. The first-order valence-electron chi connectivity index (χ1n) is 8.46. The second-order valence-electron chi connectivity index (χ2n) is 5.64. The average molecular weight is 332 g/mol. The smallest absolute Gasteiger partial charge is 0.315 e. The SMILES string of the molecule is CCCOc1ccccc1-c1nnc(NCCN2CCOCC2)o1. The summed E-state index contributed by atoms with van der Waals surface area (Å²) in [5, 5.41) is 11.4. The van der Waals surface area contributed by atoms with Crippen LogP contribution in [0.5, 0.6) is 5.75 Å². The standard InChI is InChI=1S/C17H24N4O3/c1-2-11-23-15-6-4-3-5-14(15)16-19-20-17(24-16)18-7-8-21-9-12-22-13-10-21/h3-6H,2,7-13H2,1H3,(H,18,20). The lowest BCUT2D eigenvalue weighted by Gasteiger charge is -2.26. The average Bonchev–Trinajstić information content (AvgIpc) is 3.10. The van der Waals surface area contributed by atoms with E-state index in [1.165, 1.54) is 0 Å². The topological polar surface area (TPSA) is 72.7 Å². The summed E-state index contributed by atoms with van der Waals surface area (Å²) in [6.45, 7) is 7.98. The number of benzene rings is 1. The van der Waals surface area contributed by atoms with Gasteiger partial charge in [0.1, 0.15) is 5.75 Å². The molecule has 0 amide bonds. The first-order valence-corrected chi connectivity index (χ1v) is 8.46. The summed E-state index contributed by atoms with van der Waals surface area (Å²) < 4.78 is 16.8. The third kappa shape index (κ3) is 4.46. The molecule has 0 aliphatic carbocycles. The molecule has 1 N–H and O–H groups in total. The molecule has 0 spiro atoms. The predicted octanol–water partition coefficient (Wildman–Crippen LogP) is 2.27. The molecule has 0 bridgehead atoms. The highest BCUT2D eigenvalue weighted by Gasteiger charge is 2.14. The van der Waals surface area contributed by atoms with Crippen molar-refractivity contribution in [1.82, 2.24) is 15.1 Å². The van der Waals surface area contributed by atoms with Gasteiger partial charge in [-0.05, 0) is 18.6 Å². The number of hydrogen-bond donors (Lipinski definition) is 1. The Morgan fingerprint density at radius 3 is 2.88 bits per heavy atom. The third-order valence-corrected chi connectivity index (χ3v) is 3.81. The van der Waals surface area contributed by atoms with E-state index < -0.39 is 0 Å². The Hall–Kier alpha value is -2.12. The van der Waals surface area contributed by atoms with Gasteiger partial charge in [-0.1, -0.05) is 24.2 Å². The molecule has 2 aromatic rings. The summed E-state index contributed by atoms with van der Waals surface area (Å²) in [6.07, 6.45) is 0.951. The maximum Gasteiger partial charge on any atom is 0.315 e. The van der Waals surface area contributed by atoms with Crippen molar-refractivity contribution in [3.63, 3.8) is 0 Å². The lowest BCUT2D eigenvalue weighted by atomic mass is 10.2. The van der Waals surface area contributed by atoms with Crippen molar-refractivity contribution in [3.8, 4) is 17.2 Å². The lowest BCUT2D eigenvalue weighted by molar-refractivity contribution is 0.0398. The van der Waals surface area contributed by atoms with E-state index in [0.717, 1.165) is 57.1 Å². The summed E-state index contributed by atoms with van der Waals surface area (Å²) in [7, 11) is 0. The van der Waals surface area contributed by atoms with Crippen LogP contribution >= 0.6 is 0 Å². The number of nitrogens with one attached hydrogen (secondary N) is 1. The fourth-order valence-electron chi connectivity index (χ4n) is 2.53. The predicted molar refractivity (Wildman–Crippen MR) is 91.3 cm³/mol. The van der Waals surface area contributed by atoms with E-state index in [-0.39, 0.29) is 0 Å². The van der Waals surface area contributed by atoms with Crippen molar-refractivity contribution in [2.45, 2.75) is 13.3 Å². The molecule has 1 aliphatic heterocycles. The molecule has 130 valence electrons. The van der Waals surface area contributed by atoms with E-state index in [0.29, 0.717) is 18.5 Å². The summed E-state index contributed by atoms with van der Waals surface area (Å²) in [4.78, 5) is 2.35. The van der Waals surface area contributed by atoms with Crippen LogP contribution < -0.4 is 10.1 Å². The van der Waals surface area contributed by atoms with Gasteiger partial charge in [-0.3, -0.25) is 4.90 Å². The molecule has 0 saturated carbocycles. The number of anilines is 1. The number of ether oxygens (including phenoxy) is 2.